The van der Waals surface area contributed by atoms with E-state index >= 15 is 0 Å². The van der Waals surface area contributed by atoms with Crippen LogP contribution in [-0.4, -0.2) is 37.6 Å². The van der Waals surface area contributed by atoms with E-state index in [1.165, 1.54) is 42.9 Å². The minimum atomic E-state index is 0.794. The summed E-state index contributed by atoms with van der Waals surface area (Å²) in [6.45, 7) is 7.98. The second kappa shape index (κ2) is 6.78. The third-order valence-electron chi connectivity index (χ3n) is 5.51. The highest BCUT2D eigenvalue weighted by molar-refractivity contribution is 6.30. The van der Waals surface area contributed by atoms with Crippen molar-refractivity contribution < 1.29 is 0 Å². The molecule has 1 heterocycles. The molecule has 0 unspecified atom stereocenters. The van der Waals surface area contributed by atoms with E-state index in [0.717, 1.165) is 29.9 Å². The predicted molar refractivity (Wildman–Crippen MR) is 102 cm³/mol. The Morgan fingerprint density at radius 2 is 1.75 bits per heavy atom. The fourth-order valence-electron chi connectivity index (χ4n) is 4.03. The summed E-state index contributed by atoms with van der Waals surface area (Å²) in [5, 5.41) is 0.829. The minimum absolute atomic E-state index is 0.794. The van der Waals surface area contributed by atoms with Crippen LogP contribution in [0, 0.1) is 12.8 Å². The number of aryl methyl sites for hydroxylation is 1. The standard InChI is InChI=1S/C21H25ClN2/c1-16-13-19(22)7-8-21(16)24-11-9-23(10-12-24)15-18-14-20(18)17-5-3-2-4-6-17/h2-8,13,18,20H,9-12,14-15H2,1H3/t18-,20-/m1/s1. The third-order valence-corrected chi connectivity index (χ3v) is 5.75. The average molecular weight is 341 g/mol. The van der Waals surface area contributed by atoms with Gasteiger partial charge in [-0.25, -0.2) is 0 Å². The van der Waals surface area contributed by atoms with Gasteiger partial charge in [-0.05, 0) is 54.5 Å². The number of hydrogen-bond acceptors (Lipinski definition) is 2. The summed E-state index contributed by atoms with van der Waals surface area (Å²) >= 11 is 6.08. The van der Waals surface area contributed by atoms with Crippen LogP contribution in [0.4, 0.5) is 5.69 Å². The van der Waals surface area contributed by atoms with E-state index < -0.39 is 0 Å². The number of nitrogens with zero attached hydrogens (tertiary/aromatic N) is 2. The highest BCUT2D eigenvalue weighted by atomic mass is 35.5. The Kier molecular flexibility index (Phi) is 4.51. The normalized spacial score (nSPS) is 24.2. The fraction of sp³-hybridized carbons (Fsp3) is 0.429. The fourth-order valence-corrected chi connectivity index (χ4v) is 4.26. The van der Waals surface area contributed by atoms with Crippen LogP contribution in [-0.2, 0) is 0 Å². The molecule has 0 amide bonds. The Morgan fingerprint density at radius 1 is 1.00 bits per heavy atom. The quantitative estimate of drug-likeness (QED) is 0.804. The number of piperazine rings is 1. The lowest BCUT2D eigenvalue weighted by Crippen LogP contribution is -2.47. The van der Waals surface area contributed by atoms with Gasteiger partial charge in [-0.15, -0.1) is 0 Å². The monoisotopic (exact) mass is 340 g/mol. The summed E-state index contributed by atoms with van der Waals surface area (Å²) in [5.41, 5.74) is 4.15. The number of halogens is 1. The van der Waals surface area contributed by atoms with Crippen LogP contribution in [0.3, 0.4) is 0 Å². The van der Waals surface area contributed by atoms with E-state index in [1.54, 1.807) is 0 Å². The molecule has 1 saturated carbocycles. The Morgan fingerprint density at radius 3 is 2.46 bits per heavy atom. The van der Waals surface area contributed by atoms with Crippen molar-refractivity contribution in [1.82, 2.24) is 4.90 Å². The zero-order valence-corrected chi connectivity index (χ0v) is 15.0. The van der Waals surface area contributed by atoms with Gasteiger partial charge in [0.15, 0.2) is 0 Å². The van der Waals surface area contributed by atoms with Gasteiger partial charge in [0.2, 0.25) is 0 Å². The molecule has 2 atom stereocenters. The van der Waals surface area contributed by atoms with Gasteiger partial charge >= 0.3 is 0 Å². The lowest BCUT2D eigenvalue weighted by molar-refractivity contribution is 0.246. The predicted octanol–water partition coefficient (Wildman–Crippen LogP) is 4.57. The molecule has 126 valence electrons. The van der Waals surface area contributed by atoms with Crippen LogP contribution in [0.1, 0.15) is 23.5 Å². The molecule has 2 aromatic rings. The van der Waals surface area contributed by atoms with Crippen LogP contribution in [0.15, 0.2) is 48.5 Å². The Labute approximate surface area is 150 Å². The summed E-state index contributed by atoms with van der Waals surface area (Å²) in [4.78, 5) is 5.15. The number of anilines is 1. The van der Waals surface area contributed by atoms with Gasteiger partial charge in [-0.3, -0.25) is 4.90 Å². The maximum Gasteiger partial charge on any atom is 0.0410 e. The summed E-state index contributed by atoms with van der Waals surface area (Å²) < 4.78 is 0. The zero-order chi connectivity index (χ0) is 16.5. The minimum Gasteiger partial charge on any atom is -0.369 e. The molecule has 0 aromatic heterocycles. The van der Waals surface area contributed by atoms with Crippen molar-refractivity contribution >= 4 is 17.3 Å². The van der Waals surface area contributed by atoms with Crippen molar-refractivity contribution in [2.24, 2.45) is 5.92 Å². The van der Waals surface area contributed by atoms with Crippen LogP contribution in [0.2, 0.25) is 5.02 Å². The molecule has 1 aliphatic heterocycles. The second-order valence-corrected chi connectivity index (χ2v) is 7.67. The highest BCUT2D eigenvalue weighted by Gasteiger charge is 2.39. The summed E-state index contributed by atoms with van der Waals surface area (Å²) in [5.74, 6) is 1.65. The van der Waals surface area contributed by atoms with Gasteiger partial charge < -0.3 is 4.90 Å². The first-order valence-corrected chi connectivity index (χ1v) is 9.37. The molecular formula is C21H25ClN2. The first-order chi connectivity index (χ1) is 11.7. The Bertz CT molecular complexity index is 692. The molecule has 24 heavy (non-hydrogen) atoms. The molecule has 0 bridgehead atoms. The molecule has 2 nitrogen and oxygen atoms in total. The molecule has 2 aliphatic rings. The zero-order valence-electron chi connectivity index (χ0n) is 14.3. The largest absolute Gasteiger partial charge is 0.369 e. The van der Waals surface area contributed by atoms with Crippen molar-refractivity contribution in [2.75, 3.05) is 37.6 Å². The van der Waals surface area contributed by atoms with Crippen LogP contribution in [0.25, 0.3) is 0 Å². The van der Waals surface area contributed by atoms with Crippen LogP contribution in [0.5, 0.6) is 0 Å². The van der Waals surface area contributed by atoms with Gasteiger partial charge in [0.1, 0.15) is 0 Å². The first kappa shape index (κ1) is 16.0. The molecule has 4 rings (SSSR count). The summed E-state index contributed by atoms with van der Waals surface area (Å²) in [6.07, 6.45) is 1.36. The number of rotatable bonds is 4. The Hall–Kier alpha value is -1.51. The molecule has 3 heteroatoms. The summed E-state index contributed by atoms with van der Waals surface area (Å²) in [7, 11) is 0. The topological polar surface area (TPSA) is 6.48 Å². The molecule has 1 saturated heterocycles. The lowest BCUT2D eigenvalue weighted by Gasteiger charge is -2.37. The highest BCUT2D eigenvalue weighted by Crippen LogP contribution is 2.47. The molecule has 2 aromatic carbocycles. The van der Waals surface area contributed by atoms with Crippen LogP contribution >= 0.6 is 11.6 Å². The van der Waals surface area contributed by atoms with Gasteiger partial charge in [0.25, 0.3) is 0 Å². The molecule has 1 aliphatic carbocycles. The molecule has 2 fully saturated rings. The van der Waals surface area contributed by atoms with Crippen LogP contribution < -0.4 is 4.90 Å². The molecule has 0 radical (unpaired) electrons. The van der Waals surface area contributed by atoms with E-state index in [-0.39, 0.29) is 0 Å². The third kappa shape index (κ3) is 3.45. The van der Waals surface area contributed by atoms with Gasteiger partial charge in [-0.2, -0.15) is 0 Å². The maximum atomic E-state index is 6.08. The van der Waals surface area contributed by atoms with Crippen molar-refractivity contribution in [3.63, 3.8) is 0 Å². The lowest BCUT2D eigenvalue weighted by atomic mass is 10.1. The number of hydrogen-bond donors (Lipinski definition) is 0. The van der Waals surface area contributed by atoms with Crippen molar-refractivity contribution in [2.45, 2.75) is 19.3 Å². The molecule has 0 N–H and O–H groups in total. The van der Waals surface area contributed by atoms with E-state index in [1.807, 2.05) is 6.07 Å². The van der Waals surface area contributed by atoms with Crippen molar-refractivity contribution in [1.29, 1.82) is 0 Å². The van der Waals surface area contributed by atoms with Gasteiger partial charge in [-0.1, -0.05) is 41.9 Å². The average Bonchev–Trinajstić information content (AvgIpc) is 3.36. The Balaban J connectivity index is 1.29. The van der Waals surface area contributed by atoms with Gasteiger partial charge in [0, 0.05) is 43.4 Å². The number of benzene rings is 2. The van der Waals surface area contributed by atoms with Crippen molar-refractivity contribution in [3.05, 3.63) is 64.7 Å². The molecule has 0 spiro atoms. The maximum absolute atomic E-state index is 6.08. The van der Waals surface area contributed by atoms with E-state index in [0.29, 0.717) is 0 Å². The van der Waals surface area contributed by atoms with Crippen molar-refractivity contribution in [3.8, 4) is 0 Å². The SMILES string of the molecule is Cc1cc(Cl)ccc1N1CCN(C[C@H]2C[C@@H]2c2ccccc2)CC1. The van der Waals surface area contributed by atoms with E-state index in [9.17, 15) is 0 Å². The van der Waals surface area contributed by atoms with E-state index in [2.05, 4.69) is 59.2 Å². The second-order valence-electron chi connectivity index (χ2n) is 7.23. The summed E-state index contributed by atoms with van der Waals surface area (Å²) in [6, 6.07) is 17.2. The molecular weight excluding hydrogens is 316 g/mol. The smallest absolute Gasteiger partial charge is 0.0410 e. The van der Waals surface area contributed by atoms with Gasteiger partial charge in [0.05, 0.1) is 0 Å². The van der Waals surface area contributed by atoms with E-state index in [4.69, 9.17) is 11.6 Å². The first-order valence-electron chi connectivity index (χ1n) is 8.99.